The highest BCUT2D eigenvalue weighted by Gasteiger charge is 2.10. The minimum atomic E-state index is 0.702. The van der Waals surface area contributed by atoms with Crippen LogP contribution in [0.5, 0.6) is 0 Å². The molecule has 0 saturated carbocycles. The van der Waals surface area contributed by atoms with E-state index in [0.717, 1.165) is 51.4 Å². The Bertz CT molecular complexity index is 377. The highest BCUT2D eigenvalue weighted by molar-refractivity contribution is 5.24. The van der Waals surface area contributed by atoms with E-state index in [2.05, 4.69) is 35.9 Å². The van der Waals surface area contributed by atoms with Crippen LogP contribution in [0, 0.1) is 13.8 Å². The number of aromatic nitrogens is 2. The van der Waals surface area contributed by atoms with Gasteiger partial charge in [-0.05, 0) is 33.2 Å². The van der Waals surface area contributed by atoms with Gasteiger partial charge in [0.1, 0.15) is 0 Å². The molecule has 0 atom stereocenters. The molecule has 0 spiro atoms. The molecule has 5 heteroatoms. The van der Waals surface area contributed by atoms with Crippen LogP contribution in [0.3, 0.4) is 0 Å². The molecule has 20 heavy (non-hydrogen) atoms. The predicted molar refractivity (Wildman–Crippen MR) is 81.0 cm³/mol. The van der Waals surface area contributed by atoms with Gasteiger partial charge in [0.2, 0.25) is 0 Å². The quantitative estimate of drug-likeness (QED) is 0.632. The zero-order valence-electron chi connectivity index (χ0n) is 13.4. The average molecular weight is 283 g/mol. The molecule has 1 rings (SSSR count). The Hall–Kier alpha value is -0.910. The van der Waals surface area contributed by atoms with E-state index in [0.29, 0.717) is 6.61 Å². The number of ether oxygens (including phenoxy) is 2. The summed E-state index contributed by atoms with van der Waals surface area (Å²) in [7, 11) is 1.71. The van der Waals surface area contributed by atoms with E-state index in [1.165, 1.54) is 11.3 Å². The van der Waals surface area contributed by atoms with Crippen LogP contribution in [0.1, 0.15) is 36.7 Å². The Morgan fingerprint density at radius 1 is 1.20 bits per heavy atom. The summed E-state index contributed by atoms with van der Waals surface area (Å²) in [6, 6.07) is 0. The number of hydrogen-bond donors (Lipinski definition) is 1. The molecule has 0 bridgehead atoms. The molecule has 0 fully saturated rings. The first kappa shape index (κ1) is 17.1. The topological polar surface area (TPSA) is 48.3 Å². The van der Waals surface area contributed by atoms with Crippen LogP contribution in [0.4, 0.5) is 0 Å². The fourth-order valence-electron chi connectivity index (χ4n) is 2.16. The summed E-state index contributed by atoms with van der Waals surface area (Å²) in [5.74, 6) is 0. The zero-order valence-corrected chi connectivity index (χ0v) is 13.4. The summed E-state index contributed by atoms with van der Waals surface area (Å²) in [6.45, 7) is 11.4. The molecular weight excluding hydrogens is 254 g/mol. The second-order valence-corrected chi connectivity index (χ2v) is 5.01. The smallest absolute Gasteiger partial charge is 0.0662 e. The van der Waals surface area contributed by atoms with Gasteiger partial charge in [-0.3, -0.25) is 4.68 Å². The Morgan fingerprint density at radius 2 is 2.00 bits per heavy atom. The Kier molecular flexibility index (Phi) is 8.49. The molecule has 0 amide bonds. The molecule has 1 aromatic rings. The van der Waals surface area contributed by atoms with E-state index in [-0.39, 0.29) is 0 Å². The van der Waals surface area contributed by atoms with E-state index < -0.39 is 0 Å². The lowest BCUT2D eigenvalue weighted by atomic mass is 10.2. The van der Waals surface area contributed by atoms with Crippen LogP contribution >= 0.6 is 0 Å². The maximum absolute atomic E-state index is 5.59. The van der Waals surface area contributed by atoms with Gasteiger partial charge in [-0.25, -0.2) is 0 Å². The third kappa shape index (κ3) is 5.61. The highest BCUT2D eigenvalue weighted by Crippen LogP contribution is 2.12. The lowest BCUT2D eigenvalue weighted by Gasteiger charge is -2.07. The first-order valence-corrected chi connectivity index (χ1v) is 7.51. The summed E-state index contributed by atoms with van der Waals surface area (Å²) in [5, 5.41) is 8.03. The van der Waals surface area contributed by atoms with Gasteiger partial charge in [-0.1, -0.05) is 6.92 Å². The van der Waals surface area contributed by atoms with E-state index in [9.17, 15) is 0 Å². The number of aryl methyl sites for hydroxylation is 1. The van der Waals surface area contributed by atoms with Gasteiger partial charge in [0.15, 0.2) is 0 Å². The molecule has 1 N–H and O–H groups in total. The number of rotatable bonds is 11. The van der Waals surface area contributed by atoms with Crippen molar-refractivity contribution in [3.8, 4) is 0 Å². The summed E-state index contributed by atoms with van der Waals surface area (Å²) < 4.78 is 12.6. The average Bonchev–Trinajstić information content (AvgIpc) is 2.70. The van der Waals surface area contributed by atoms with Crippen LogP contribution in [0.2, 0.25) is 0 Å². The molecule has 0 aliphatic rings. The van der Waals surface area contributed by atoms with Crippen molar-refractivity contribution in [2.45, 2.75) is 46.7 Å². The Morgan fingerprint density at radius 3 is 2.70 bits per heavy atom. The molecule has 0 aliphatic carbocycles. The van der Waals surface area contributed by atoms with Crippen molar-refractivity contribution in [2.75, 3.05) is 33.5 Å². The molecular formula is C15H29N3O2. The standard InChI is InChI=1S/C15H29N3O2/c1-5-7-16-12-15-13(2)17-18(14(15)3)8-11-20-10-6-9-19-4/h16H,5-12H2,1-4H3. The highest BCUT2D eigenvalue weighted by atomic mass is 16.5. The van der Waals surface area contributed by atoms with E-state index in [1.54, 1.807) is 7.11 Å². The number of nitrogens with zero attached hydrogens (tertiary/aromatic N) is 2. The fourth-order valence-corrected chi connectivity index (χ4v) is 2.16. The second-order valence-electron chi connectivity index (χ2n) is 5.01. The molecule has 116 valence electrons. The second kappa shape index (κ2) is 9.91. The summed E-state index contributed by atoms with van der Waals surface area (Å²) in [5.41, 5.74) is 3.68. The van der Waals surface area contributed by atoms with Crippen molar-refractivity contribution >= 4 is 0 Å². The monoisotopic (exact) mass is 283 g/mol. The number of hydrogen-bond acceptors (Lipinski definition) is 4. The maximum atomic E-state index is 5.59. The Balaban J connectivity index is 2.36. The van der Waals surface area contributed by atoms with Gasteiger partial charge in [0.05, 0.1) is 18.8 Å². The molecule has 0 unspecified atom stereocenters. The molecule has 0 saturated heterocycles. The fraction of sp³-hybridized carbons (Fsp3) is 0.800. The van der Waals surface area contributed by atoms with Gasteiger partial charge < -0.3 is 14.8 Å². The van der Waals surface area contributed by atoms with Crippen molar-refractivity contribution < 1.29 is 9.47 Å². The summed E-state index contributed by atoms with van der Waals surface area (Å²) in [4.78, 5) is 0. The number of methoxy groups -OCH3 is 1. The van der Waals surface area contributed by atoms with Gasteiger partial charge in [-0.15, -0.1) is 0 Å². The molecule has 0 aliphatic heterocycles. The van der Waals surface area contributed by atoms with Gasteiger partial charge >= 0.3 is 0 Å². The van der Waals surface area contributed by atoms with Gasteiger partial charge in [0.25, 0.3) is 0 Å². The van der Waals surface area contributed by atoms with Crippen molar-refractivity contribution in [3.63, 3.8) is 0 Å². The van der Waals surface area contributed by atoms with Crippen LogP contribution in [0.25, 0.3) is 0 Å². The van der Waals surface area contributed by atoms with E-state index in [4.69, 9.17) is 9.47 Å². The third-order valence-electron chi connectivity index (χ3n) is 3.34. The largest absolute Gasteiger partial charge is 0.385 e. The summed E-state index contributed by atoms with van der Waals surface area (Å²) in [6.07, 6.45) is 2.10. The van der Waals surface area contributed by atoms with Crippen LogP contribution in [0.15, 0.2) is 0 Å². The van der Waals surface area contributed by atoms with Crippen molar-refractivity contribution in [2.24, 2.45) is 0 Å². The van der Waals surface area contributed by atoms with Crippen LogP contribution in [-0.4, -0.2) is 43.3 Å². The van der Waals surface area contributed by atoms with Crippen molar-refractivity contribution in [1.29, 1.82) is 0 Å². The first-order valence-electron chi connectivity index (χ1n) is 7.51. The zero-order chi connectivity index (χ0) is 14.8. The molecule has 5 nitrogen and oxygen atoms in total. The Labute approximate surface area is 122 Å². The van der Waals surface area contributed by atoms with Gasteiger partial charge in [-0.2, -0.15) is 5.10 Å². The SMILES string of the molecule is CCCNCc1c(C)nn(CCOCCCOC)c1C. The minimum absolute atomic E-state index is 0.702. The van der Waals surface area contributed by atoms with Crippen molar-refractivity contribution in [3.05, 3.63) is 17.0 Å². The molecule has 1 aromatic heterocycles. The van der Waals surface area contributed by atoms with E-state index >= 15 is 0 Å². The van der Waals surface area contributed by atoms with Crippen LogP contribution in [-0.2, 0) is 22.6 Å². The van der Waals surface area contributed by atoms with E-state index in [1.807, 2.05) is 0 Å². The van der Waals surface area contributed by atoms with Gasteiger partial charge in [0, 0.05) is 38.1 Å². The maximum Gasteiger partial charge on any atom is 0.0662 e. The molecule has 1 heterocycles. The first-order chi connectivity index (χ1) is 9.70. The lowest BCUT2D eigenvalue weighted by molar-refractivity contribution is 0.0958. The molecule has 0 radical (unpaired) electrons. The normalized spacial score (nSPS) is 11.2. The van der Waals surface area contributed by atoms with Crippen LogP contribution < -0.4 is 5.32 Å². The predicted octanol–water partition coefficient (Wildman–Crippen LogP) is 2.05. The molecule has 0 aromatic carbocycles. The third-order valence-corrected chi connectivity index (χ3v) is 3.34. The van der Waals surface area contributed by atoms with Crippen molar-refractivity contribution in [1.82, 2.24) is 15.1 Å². The summed E-state index contributed by atoms with van der Waals surface area (Å²) >= 11 is 0. The lowest BCUT2D eigenvalue weighted by Crippen LogP contribution is -2.15. The number of nitrogens with one attached hydrogen (secondary N) is 1. The minimum Gasteiger partial charge on any atom is -0.385 e.